The van der Waals surface area contributed by atoms with Crippen LogP contribution < -0.4 is 10.1 Å². The summed E-state index contributed by atoms with van der Waals surface area (Å²) in [4.78, 5) is 0. The molecule has 1 aliphatic heterocycles. The molecule has 2 heteroatoms. The summed E-state index contributed by atoms with van der Waals surface area (Å²) in [6.45, 7) is 0.814. The van der Waals surface area contributed by atoms with Crippen molar-refractivity contribution in [1.82, 2.24) is 5.32 Å². The molecule has 0 radical (unpaired) electrons. The highest BCUT2D eigenvalue weighted by atomic mass is 16.5. The number of nitrogens with one attached hydrogen (secondary N) is 1. The highest BCUT2D eigenvalue weighted by Crippen LogP contribution is 2.36. The van der Waals surface area contributed by atoms with Gasteiger partial charge in [-0.25, -0.2) is 0 Å². The van der Waals surface area contributed by atoms with E-state index in [1.807, 2.05) is 13.1 Å². The summed E-state index contributed by atoms with van der Waals surface area (Å²) in [5.74, 6) is 4.30. The van der Waals surface area contributed by atoms with Gasteiger partial charge in [0.2, 0.25) is 0 Å². The largest absolute Gasteiger partial charge is 0.493 e. The van der Waals surface area contributed by atoms with Gasteiger partial charge in [-0.2, -0.15) is 0 Å². The van der Waals surface area contributed by atoms with Crippen LogP contribution in [0.5, 0.6) is 5.75 Å². The van der Waals surface area contributed by atoms with E-state index in [2.05, 4.69) is 29.4 Å². The molecule has 1 aromatic rings. The Morgan fingerprint density at radius 1 is 1.50 bits per heavy atom. The number of unbranched alkanes of at least 4 members (excludes halogenated alkanes) is 1. The van der Waals surface area contributed by atoms with Crippen LogP contribution in [0.3, 0.4) is 0 Å². The van der Waals surface area contributed by atoms with Gasteiger partial charge in [-0.3, -0.25) is 0 Å². The molecule has 1 aliphatic rings. The Bertz CT molecular complexity index is 421. The van der Waals surface area contributed by atoms with Crippen molar-refractivity contribution in [2.75, 3.05) is 13.7 Å². The topological polar surface area (TPSA) is 21.3 Å². The van der Waals surface area contributed by atoms with Crippen molar-refractivity contribution in [1.29, 1.82) is 0 Å². The lowest BCUT2D eigenvalue weighted by Crippen LogP contribution is -2.35. The number of fused-ring (bicyclic) bond motifs is 1. The van der Waals surface area contributed by atoms with E-state index >= 15 is 0 Å². The second kappa shape index (κ2) is 6.47. The summed E-state index contributed by atoms with van der Waals surface area (Å²) in [6.07, 6.45) is 9.48. The van der Waals surface area contributed by atoms with Crippen molar-refractivity contribution in [3.63, 3.8) is 0 Å². The molecule has 1 N–H and O–H groups in total. The minimum absolute atomic E-state index is 0.489. The van der Waals surface area contributed by atoms with Crippen molar-refractivity contribution < 1.29 is 4.74 Å². The molecule has 1 aromatic carbocycles. The molecule has 18 heavy (non-hydrogen) atoms. The van der Waals surface area contributed by atoms with E-state index in [-0.39, 0.29) is 0 Å². The van der Waals surface area contributed by atoms with E-state index in [4.69, 9.17) is 11.2 Å². The van der Waals surface area contributed by atoms with E-state index in [0.717, 1.165) is 38.0 Å². The Hall–Kier alpha value is -1.46. The number of hydrogen-bond donors (Lipinski definition) is 1. The molecule has 0 aromatic heterocycles. The normalized spacial score (nSPS) is 19.4. The maximum atomic E-state index is 5.71. The highest BCUT2D eigenvalue weighted by Gasteiger charge is 2.27. The zero-order valence-corrected chi connectivity index (χ0v) is 11.0. The van der Waals surface area contributed by atoms with Gasteiger partial charge in [0.1, 0.15) is 5.75 Å². The molecule has 1 heterocycles. The van der Waals surface area contributed by atoms with Gasteiger partial charge in [0.15, 0.2) is 0 Å². The van der Waals surface area contributed by atoms with Gasteiger partial charge in [-0.15, -0.1) is 12.3 Å². The quantitative estimate of drug-likeness (QED) is 0.634. The third-order valence-corrected chi connectivity index (χ3v) is 3.70. The number of likely N-dealkylation sites (N-methyl/N-ethyl adjacent to an activating group) is 1. The summed E-state index contributed by atoms with van der Waals surface area (Å²) in [5, 5.41) is 3.45. The molecule has 2 rings (SSSR count). The van der Waals surface area contributed by atoms with Gasteiger partial charge < -0.3 is 10.1 Å². The fourth-order valence-electron chi connectivity index (χ4n) is 2.76. The summed E-state index contributed by atoms with van der Waals surface area (Å²) >= 11 is 0. The van der Waals surface area contributed by atoms with E-state index in [1.54, 1.807) is 0 Å². The monoisotopic (exact) mass is 243 g/mol. The minimum Gasteiger partial charge on any atom is -0.493 e. The lowest BCUT2D eigenvalue weighted by atomic mass is 9.84. The molecule has 0 bridgehead atoms. The number of rotatable bonds is 5. The highest BCUT2D eigenvalue weighted by molar-refractivity contribution is 5.38. The number of para-hydroxylation sites is 1. The van der Waals surface area contributed by atoms with Crippen LogP contribution in [0.4, 0.5) is 0 Å². The second-order valence-corrected chi connectivity index (χ2v) is 4.77. The zero-order chi connectivity index (χ0) is 12.8. The zero-order valence-electron chi connectivity index (χ0n) is 11.0. The smallest absolute Gasteiger partial charge is 0.122 e. The fourth-order valence-corrected chi connectivity index (χ4v) is 2.76. The molecule has 96 valence electrons. The number of ether oxygens (including phenoxy) is 1. The Kier molecular flexibility index (Phi) is 4.66. The molecule has 0 saturated carbocycles. The van der Waals surface area contributed by atoms with Gasteiger partial charge >= 0.3 is 0 Å². The van der Waals surface area contributed by atoms with Crippen LogP contribution in [-0.4, -0.2) is 19.7 Å². The number of terminal acetylenes is 1. The second-order valence-electron chi connectivity index (χ2n) is 4.77. The third kappa shape index (κ3) is 2.86. The Morgan fingerprint density at radius 2 is 2.33 bits per heavy atom. The van der Waals surface area contributed by atoms with Crippen molar-refractivity contribution in [2.24, 2.45) is 0 Å². The average molecular weight is 243 g/mol. The molecule has 0 aliphatic carbocycles. The van der Waals surface area contributed by atoms with E-state index in [9.17, 15) is 0 Å². The predicted molar refractivity (Wildman–Crippen MR) is 74.8 cm³/mol. The summed E-state index contributed by atoms with van der Waals surface area (Å²) < 4.78 is 5.71. The SMILES string of the molecule is C#CCCCC(NC)C1CCOc2ccccc21. The van der Waals surface area contributed by atoms with E-state index in [0.29, 0.717) is 12.0 Å². The van der Waals surface area contributed by atoms with Crippen LogP contribution in [0.1, 0.15) is 37.2 Å². The lowest BCUT2D eigenvalue weighted by molar-refractivity contribution is 0.244. The first-order chi connectivity index (χ1) is 8.86. The Morgan fingerprint density at radius 3 is 3.11 bits per heavy atom. The Balaban J connectivity index is 2.10. The summed E-state index contributed by atoms with van der Waals surface area (Å²) in [5.41, 5.74) is 1.34. The molecular weight excluding hydrogens is 222 g/mol. The van der Waals surface area contributed by atoms with Gasteiger partial charge in [-0.05, 0) is 37.9 Å². The maximum absolute atomic E-state index is 5.71. The van der Waals surface area contributed by atoms with Gasteiger partial charge in [0.25, 0.3) is 0 Å². The molecule has 0 fully saturated rings. The molecule has 0 amide bonds. The van der Waals surface area contributed by atoms with Crippen LogP contribution in [0, 0.1) is 12.3 Å². The molecule has 0 saturated heterocycles. The first-order valence-electron chi connectivity index (χ1n) is 6.69. The first kappa shape index (κ1) is 13.0. The average Bonchev–Trinajstić information content (AvgIpc) is 2.43. The molecule has 2 nitrogen and oxygen atoms in total. The van der Waals surface area contributed by atoms with Crippen LogP contribution in [0.2, 0.25) is 0 Å². The predicted octanol–water partition coefficient (Wildman–Crippen LogP) is 2.94. The Labute approximate surface area is 110 Å². The standard InChI is InChI=1S/C16H21NO/c1-3-4-5-9-15(17-2)13-11-12-18-16-10-7-6-8-14(13)16/h1,6-8,10,13,15,17H,4-5,9,11-12H2,2H3. The first-order valence-corrected chi connectivity index (χ1v) is 6.69. The maximum Gasteiger partial charge on any atom is 0.122 e. The van der Waals surface area contributed by atoms with E-state index < -0.39 is 0 Å². The van der Waals surface area contributed by atoms with Crippen LogP contribution in [0.25, 0.3) is 0 Å². The number of benzene rings is 1. The van der Waals surface area contributed by atoms with Crippen LogP contribution in [-0.2, 0) is 0 Å². The third-order valence-electron chi connectivity index (χ3n) is 3.70. The summed E-state index contributed by atoms with van der Waals surface area (Å²) in [7, 11) is 2.04. The van der Waals surface area contributed by atoms with Crippen LogP contribution in [0.15, 0.2) is 24.3 Å². The summed E-state index contributed by atoms with van der Waals surface area (Å²) in [6, 6.07) is 8.87. The van der Waals surface area contributed by atoms with Gasteiger partial charge in [0, 0.05) is 18.4 Å². The van der Waals surface area contributed by atoms with Crippen molar-refractivity contribution in [3.05, 3.63) is 29.8 Å². The molecule has 2 unspecified atom stereocenters. The van der Waals surface area contributed by atoms with Gasteiger partial charge in [-0.1, -0.05) is 18.2 Å². The molecular formula is C16H21NO. The van der Waals surface area contributed by atoms with Crippen LogP contribution >= 0.6 is 0 Å². The fraction of sp³-hybridized carbons (Fsp3) is 0.500. The lowest BCUT2D eigenvalue weighted by Gasteiger charge is -2.32. The van der Waals surface area contributed by atoms with Crippen molar-refractivity contribution in [3.8, 4) is 18.1 Å². The minimum atomic E-state index is 0.489. The molecule has 0 spiro atoms. The van der Waals surface area contributed by atoms with Gasteiger partial charge in [0.05, 0.1) is 6.61 Å². The number of hydrogen-bond acceptors (Lipinski definition) is 2. The van der Waals surface area contributed by atoms with E-state index in [1.165, 1.54) is 5.56 Å². The van der Waals surface area contributed by atoms with Crippen molar-refractivity contribution >= 4 is 0 Å². The van der Waals surface area contributed by atoms with Crippen molar-refractivity contribution in [2.45, 2.75) is 37.6 Å². The molecule has 2 atom stereocenters.